The van der Waals surface area contributed by atoms with Crippen molar-refractivity contribution >= 4 is 11.9 Å². The molecular formula is C24H31N7O4. The summed E-state index contributed by atoms with van der Waals surface area (Å²) < 4.78 is 13.4. The van der Waals surface area contributed by atoms with Gasteiger partial charge in [-0.3, -0.25) is 9.48 Å². The lowest BCUT2D eigenvalue weighted by Crippen LogP contribution is -2.29. The molecule has 0 aromatic carbocycles. The molecule has 1 unspecified atom stereocenters. The van der Waals surface area contributed by atoms with Gasteiger partial charge in [-0.15, -0.1) is 0 Å². The summed E-state index contributed by atoms with van der Waals surface area (Å²) in [4.78, 5) is 29.3. The lowest BCUT2D eigenvalue weighted by Gasteiger charge is -2.27. The Hall–Kier alpha value is -3.76. The number of carboxylic acids is 1. The van der Waals surface area contributed by atoms with E-state index in [1.54, 1.807) is 29.3 Å². The Morgan fingerprint density at radius 2 is 2.09 bits per heavy atom. The van der Waals surface area contributed by atoms with Crippen molar-refractivity contribution in [3.05, 3.63) is 36.0 Å². The second-order valence-corrected chi connectivity index (χ2v) is 8.43. The lowest BCUT2D eigenvalue weighted by atomic mass is 9.87. The third-order valence-corrected chi connectivity index (χ3v) is 6.07. The number of aryl methyl sites for hydroxylation is 2. The van der Waals surface area contributed by atoms with Crippen molar-refractivity contribution in [2.75, 3.05) is 11.9 Å². The van der Waals surface area contributed by atoms with Crippen LogP contribution in [0.5, 0.6) is 11.6 Å². The number of carbonyl (C=O) groups is 1. The zero-order valence-electron chi connectivity index (χ0n) is 20.3. The van der Waals surface area contributed by atoms with Gasteiger partial charge in [0.25, 0.3) is 0 Å². The molecule has 2 atom stereocenters. The third-order valence-electron chi connectivity index (χ3n) is 6.07. The highest BCUT2D eigenvalue weighted by molar-refractivity contribution is 5.70. The van der Waals surface area contributed by atoms with Crippen molar-refractivity contribution in [1.82, 2.24) is 29.7 Å². The van der Waals surface area contributed by atoms with Crippen LogP contribution in [0.15, 0.2) is 24.7 Å². The molecule has 1 aliphatic carbocycles. The summed E-state index contributed by atoms with van der Waals surface area (Å²) in [6.07, 6.45) is 8.46. The maximum atomic E-state index is 11.4. The molecule has 0 spiro atoms. The third kappa shape index (κ3) is 5.84. The Balaban J connectivity index is 1.50. The molecule has 3 aromatic rings. The molecule has 3 aromatic heterocycles. The van der Waals surface area contributed by atoms with E-state index in [2.05, 4.69) is 25.4 Å². The molecular weight excluding hydrogens is 450 g/mol. The topological polar surface area (TPSA) is 137 Å². The van der Waals surface area contributed by atoms with Crippen molar-refractivity contribution in [3.8, 4) is 23.0 Å². The highest BCUT2D eigenvalue weighted by atomic mass is 16.5. The monoisotopic (exact) mass is 481 g/mol. The summed E-state index contributed by atoms with van der Waals surface area (Å²) in [6.45, 7) is 4.86. The van der Waals surface area contributed by atoms with Gasteiger partial charge in [0.15, 0.2) is 11.6 Å². The van der Waals surface area contributed by atoms with E-state index in [0.717, 1.165) is 29.8 Å². The molecule has 35 heavy (non-hydrogen) atoms. The van der Waals surface area contributed by atoms with Gasteiger partial charge in [0.2, 0.25) is 11.8 Å². The summed E-state index contributed by atoms with van der Waals surface area (Å²) >= 11 is 0. The minimum atomic E-state index is -0.756. The quantitative estimate of drug-likeness (QED) is 0.444. The largest absolute Gasteiger partial charge is 0.487 e. The normalized spacial score (nSPS) is 17.7. The van der Waals surface area contributed by atoms with Gasteiger partial charge in [-0.05, 0) is 39.0 Å². The number of rotatable bonds is 10. The molecule has 0 radical (unpaired) electrons. The number of hydrogen-bond acceptors (Lipinski definition) is 9. The SMILES string of the molecule is CCOc1ccnc(NCc2c(-c3ncc(O[C@H]4CCCC(C(=O)O)C4)c(CC)n3)cnn2C)n1. The number of carboxylic acid groups (broad SMARTS) is 1. The Morgan fingerprint density at radius 3 is 2.86 bits per heavy atom. The number of anilines is 1. The van der Waals surface area contributed by atoms with E-state index in [9.17, 15) is 9.90 Å². The predicted molar refractivity (Wildman–Crippen MR) is 128 cm³/mol. The van der Waals surface area contributed by atoms with Gasteiger partial charge in [0.1, 0.15) is 0 Å². The van der Waals surface area contributed by atoms with E-state index < -0.39 is 5.97 Å². The standard InChI is InChI=1S/C24H31N7O4/c1-4-18-20(35-16-8-6-7-15(11-16)23(32)33)14-26-22(29-18)17-12-28-31(3)19(17)13-27-24-25-10-9-21(30-24)34-5-2/h9-10,12,14-16H,4-8,11,13H2,1-3H3,(H,32,33)(H,25,27,30)/t15?,16-/m0/s1. The van der Waals surface area contributed by atoms with E-state index in [0.29, 0.717) is 55.8 Å². The number of nitrogens with zero attached hydrogens (tertiary/aromatic N) is 6. The van der Waals surface area contributed by atoms with Crippen LogP contribution in [0.25, 0.3) is 11.4 Å². The molecule has 1 fully saturated rings. The van der Waals surface area contributed by atoms with E-state index in [1.807, 2.05) is 20.9 Å². The van der Waals surface area contributed by atoms with Crippen LogP contribution in [0.3, 0.4) is 0 Å². The molecule has 2 N–H and O–H groups in total. The molecule has 186 valence electrons. The van der Waals surface area contributed by atoms with Crippen molar-refractivity contribution in [2.24, 2.45) is 13.0 Å². The van der Waals surface area contributed by atoms with Crippen molar-refractivity contribution in [2.45, 2.75) is 58.6 Å². The van der Waals surface area contributed by atoms with E-state index >= 15 is 0 Å². The van der Waals surface area contributed by atoms with Gasteiger partial charge in [-0.1, -0.05) is 6.92 Å². The Labute approximate surface area is 204 Å². The van der Waals surface area contributed by atoms with Gasteiger partial charge >= 0.3 is 5.97 Å². The molecule has 3 heterocycles. The average molecular weight is 482 g/mol. The molecule has 11 nitrogen and oxygen atoms in total. The zero-order valence-corrected chi connectivity index (χ0v) is 20.3. The average Bonchev–Trinajstić information content (AvgIpc) is 3.23. The summed E-state index contributed by atoms with van der Waals surface area (Å²) in [7, 11) is 1.86. The van der Waals surface area contributed by atoms with E-state index in [1.165, 1.54) is 0 Å². The predicted octanol–water partition coefficient (Wildman–Crippen LogP) is 3.26. The highest BCUT2D eigenvalue weighted by Gasteiger charge is 2.29. The molecule has 0 bridgehead atoms. The van der Waals surface area contributed by atoms with Gasteiger partial charge in [-0.25, -0.2) is 15.0 Å². The first kappa shape index (κ1) is 24.4. The van der Waals surface area contributed by atoms with Gasteiger partial charge in [0.05, 0.1) is 54.5 Å². The summed E-state index contributed by atoms with van der Waals surface area (Å²) in [6, 6.07) is 1.71. The Kier molecular flexibility index (Phi) is 7.74. The lowest BCUT2D eigenvalue weighted by molar-refractivity contribution is -0.143. The van der Waals surface area contributed by atoms with Crippen LogP contribution >= 0.6 is 0 Å². The molecule has 0 aliphatic heterocycles. The Bertz CT molecular complexity index is 1170. The number of nitrogens with one attached hydrogen (secondary N) is 1. The van der Waals surface area contributed by atoms with Crippen molar-refractivity contribution < 1.29 is 19.4 Å². The molecule has 1 aliphatic rings. The molecule has 0 amide bonds. The van der Waals surface area contributed by atoms with Crippen molar-refractivity contribution in [1.29, 1.82) is 0 Å². The number of aliphatic carboxylic acids is 1. The van der Waals surface area contributed by atoms with Crippen LogP contribution in [0.4, 0.5) is 5.95 Å². The van der Waals surface area contributed by atoms with Crippen LogP contribution in [0, 0.1) is 5.92 Å². The van der Waals surface area contributed by atoms with E-state index in [4.69, 9.17) is 14.5 Å². The fourth-order valence-corrected chi connectivity index (χ4v) is 4.22. The van der Waals surface area contributed by atoms with Crippen LogP contribution in [-0.2, 0) is 24.8 Å². The highest BCUT2D eigenvalue weighted by Crippen LogP contribution is 2.30. The first-order valence-corrected chi connectivity index (χ1v) is 11.9. The minimum Gasteiger partial charge on any atom is -0.487 e. The van der Waals surface area contributed by atoms with Crippen LogP contribution in [-0.4, -0.2) is 53.5 Å². The van der Waals surface area contributed by atoms with Crippen molar-refractivity contribution in [3.63, 3.8) is 0 Å². The summed E-state index contributed by atoms with van der Waals surface area (Å²) in [5.74, 6) is 1.01. The summed E-state index contributed by atoms with van der Waals surface area (Å²) in [5.41, 5.74) is 2.46. The minimum absolute atomic E-state index is 0.143. The maximum absolute atomic E-state index is 11.4. The van der Waals surface area contributed by atoms with Gasteiger partial charge in [0, 0.05) is 19.3 Å². The molecule has 0 saturated heterocycles. The molecule has 11 heteroatoms. The van der Waals surface area contributed by atoms with Crippen LogP contribution in [0.1, 0.15) is 50.9 Å². The first-order valence-electron chi connectivity index (χ1n) is 11.9. The van der Waals surface area contributed by atoms with Gasteiger partial charge in [-0.2, -0.15) is 10.1 Å². The number of aromatic nitrogens is 6. The first-order chi connectivity index (χ1) is 17.0. The van der Waals surface area contributed by atoms with Gasteiger partial charge < -0.3 is 19.9 Å². The zero-order chi connectivity index (χ0) is 24.8. The van der Waals surface area contributed by atoms with Crippen LogP contribution in [0.2, 0.25) is 0 Å². The maximum Gasteiger partial charge on any atom is 0.306 e. The summed E-state index contributed by atoms with van der Waals surface area (Å²) in [5, 5.41) is 17.0. The van der Waals surface area contributed by atoms with E-state index in [-0.39, 0.29) is 12.0 Å². The molecule has 4 rings (SSSR count). The fourth-order valence-electron chi connectivity index (χ4n) is 4.22. The second kappa shape index (κ2) is 11.1. The number of ether oxygens (including phenoxy) is 2. The number of hydrogen-bond donors (Lipinski definition) is 2. The molecule has 1 saturated carbocycles. The van der Waals surface area contributed by atoms with Crippen LogP contribution < -0.4 is 14.8 Å². The second-order valence-electron chi connectivity index (χ2n) is 8.43. The smallest absolute Gasteiger partial charge is 0.306 e. The Morgan fingerprint density at radius 1 is 1.23 bits per heavy atom. The fraction of sp³-hybridized carbons (Fsp3) is 0.500.